The summed E-state index contributed by atoms with van der Waals surface area (Å²) in [5, 5.41) is 12.3. The molecule has 1 aliphatic rings. The van der Waals surface area contributed by atoms with Crippen LogP contribution in [0.3, 0.4) is 0 Å². The van der Waals surface area contributed by atoms with Crippen LogP contribution < -0.4 is 5.32 Å². The monoisotopic (exact) mass is 519 g/mol. The number of esters is 5. The lowest BCUT2D eigenvalue weighted by molar-refractivity contribution is -0.303. The highest BCUT2D eigenvalue weighted by Crippen LogP contribution is 2.36. The number of amides is 1. The fourth-order valence-electron chi connectivity index (χ4n) is 3.59. The second-order valence-corrected chi connectivity index (χ2v) is 7.84. The largest absolute Gasteiger partial charge is 0.476 e. The van der Waals surface area contributed by atoms with E-state index in [-0.39, 0.29) is 0 Å². The van der Waals surface area contributed by atoms with Crippen molar-refractivity contribution in [3.63, 3.8) is 0 Å². The lowest BCUT2D eigenvalue weighted by atomic mass is 9.88. The zero-order valence-corrected chi connectivity index (χ0v) is 20.6. The third kappa shape index (κ3) is 8.79. The molecule has 0 spiro atoms. The summed E-state index contributed by atoms with van der Waals surface area (Å²) in [4.78, 5) is 83.0. The van der Waals surface area contributed by atoms with E-state index in [2.05, 4.69) is 5.32 Å². The molecule has 36 heavy (non-hydrogen) atoms. The summed E-state index contributed by atoms with van der Waals surface area (Å²) in [5.41, 5.74) is 0. The van der Waals surface area contributed by atoms with E-state index in [0.717, 1.165) is 41.5 Å². The Balaban J connectivity index is 3.78. The van der Waals surface area contributed by atoms with E-state index in [9.17, 15) is 38.7 Å². The standard InChI is InChI=1S/C21H29NO14/c1-9(23)22-17-15(32-11(3)25)7-21(20(29)30,35-14(6)28)36-19(17)18(34-13(5)27)16(33-12(4)26)8-31-10(2)24/h15-19H,7-8H2,1-6H3,(H,22,23)(H,29,30)/t15-,16?,17+,18?,19+,21?/m0/s1. The van der Waals surface area contributed by atoms with Gasteiger partial charge in [-0.3, -0.25) is 28.8 Å². The van der Waals surface area contributed by atoms with Crippen molar-refractivity contribution in [3.05, 3.63) is 0 Å². The van der Waals surface area contributed by atoms with Crippen LogP contribution in [-0.2, 0) is 62.0 Å². The molecule has 2 N–H and O–H groups in total. The van der Waals surface area contributed by atoms with Crippen molar-refractivity contribution in [2.24, 2.45) is 0 Å². The molecule has 1 fully saturated rings. The van der Waals surface area contributed by atoms with Crippen molar-refractivity contribution >= 4 is 41.7 Å². The van der Waals surface area contributed by atoms with Crippen LogP contribution in [0.2, 0.25) is 0 Å². The Labute approximate surface area is 205 Å². The molecule has 1 saturated heterocycles. The first kappa shape index (κ1) is 30.3. The number of carbonyl (C=O) groups excluding carboxylic acids is 6. The maximum Gasteiger partial charge on any atom is 0.377 e. The number of ether oxygens (including phenoxy) is 6. The minimum Gasteiger partial charge on any atom is -0.476 e. The summed E-state index contributed by atoms with van der Waals surface area (Å²) in [6.07, 6.45) is -7.37. The van der Waals surface area contributed by atoms with Crippen molar-refractivity contribution in [1.29, 1.82) is 0 Å². The zero-order chi connectivity index (χ0) is 27.8. The molecule has 6 atom stereocenters. The summed E-state index contributed by atoms with van der Waals surface area (Å²) in [7, 11) is 0. The maximum atomic E-state index is 12.2. The van der Waals surface area contributed by atoms with Crippen LogP contribution >= 0.6 is 0 Å². The van der Waals surface area contributed by atoms with Gasteiger partial charge in [0, 0.05) is 41.5 Å². The fourth-order valence-corrected chi connectivity index (χ4v) is 3.59. The molecule has 1 heterocycles. The smallest absolute Gasteiger partial charge is 0.377 e. The highest BCUT2D eigenvalue weighted by Gasteiger charge is 2.60. The van der Waals surface area contributed by atoms with Crippen LogP contribution in [-0.4, -0.2) is 89.7 Å². The van der Waals surface area contributed by atoms with Crippen LogP contribution in [0.5, 0.6) is 0 Å². The number of aliphatic carboxylic acids is 1. The Morgan fingerprint density at radius 3 is 1.89 bits per heavy atom. The molecule has 202 valence electrons. The molecular weight excluding hydrogens is 490 g/mol. The molecule has 0 radical (unpaired) electrons. The molecule has 0 bridgehead atoms. The Kier molecular flexibility index (Phi) is 10.8. The number of rotatable bonds is 10. The van der Waals surface area contributed by atoms with Gasteiger partial charge in [0.2, 0.25) is 5.91 Å². The van der Waals surface area contributed by atoms with E-state index >= 15 is 0 Å². The second-order valence-electron chi connectivity index (χ2n) is 7.84. The Morgan fingerprint density at radius 2 is 1.47 bits per heavy atom. The Bertz CT molecular complexity index is 901. The highest BCUT2D eigenvalue weighted by molar-refractivity contribution is 5.80. The molecule has 1 aliphatic heterocycles. The first-order valence-electron chi connectivity index (χ1n) is 10.6. The highest BCUT2D eigenvalue weighted by atomic mass is 16.7. The number of carboxylic acid groups (broad SMARTS) is 1. The third-order valence-electron chi connectivity index (χ3n) is 4.63. The number of hydrogen-bond donors (Lipinski definition) is 2. The quantitative estimate of drug-likeness (QED) is 0.262. The summed E-state index contributed by atoms with van der Waals surface area (Å²) in [6.45, 7) is 5.35. The van der Waals surface area contributed by atoms with Gasteiger partial charge in [-0.1, -0.05) is 0 Å². The number of nitrogens with one attached hydrogen (secondary N) is 1. The molecule has 3 unspecified atom stereocenters. The summed E-state index contributed by atoms with van der Waals surface area (Å²) < 4.78 is 31.1. The Morgan fingerprint density at radius 1 is 0.889 bits per heavy atom. The number of carboxylic acids is 1. The van der Waals surface area contributed by atoms with E-state index in [4.69, 9.17) is 28.4 Å². The lowest BCUT2D eigenvalue weighted by Gasteiger charge is -2.47. The molecule has 1 rings (SSSR count). The van der Waals surface area contributed by atoms with E-state index in [1.54, 1.807) is 0 Å². The van der Waals surface area contributed by atoms with E-state index < -0.39 is 91.0 Å². The van der Waals surface area contributed by atoms with Gasteiger partial charge in [-0.25, -0.2) is 4.79 Å². The van der Waals surface area contributed by atoms with Gasteiger partial charge in [-0.15, -0.1) is 0 Å². The van der Waals surface area contributed by atoms with Crippen LogP contribution in [0, 0.1) is 0 Å². The average molecular weight is 519 g/mol. The van der Waals surface area contributed by atoms with Crippen molar-refractivity contribution in [2.75, 3.05) is 6.61 Å². The van der Waals surface area contributed by atoms with Crippen molar-refractivity contribution in [3.8, 4) is 0 Å². The van der Waals surface area contributed by atoms with E-state index in [0.29, 0.717) is 0 Å². The molecule has 15 heteroatoms. The van der Waals surface area contributed by atoms with E-state index in [1.807, 2.05) is 0 Å². The van der Waals surface area contributed by atoms with Gasteiger partial charge in [0.15, 0.2) is 12.2 Å². The van der Waals surface area contributed by atoms with Crippen molar-refractivity contribution in [1.82, 2.24) is 5.32 Å². The molecule has 0 aromatic rings. The number of hydrogen-bond acceptors (Lipinski definition) is 13. The van der Waals surface area contributed by atoms with Crippen molar-refractivity contribution < 1.29 is 67.1 Å². The van der Waals surface area contributed by atoms with Gasteiger partial charge in [0.1, 0.15) is 18.8 Å². The Hall–Kier alpha value is -3.75. The molecule has 0 aliphatic carbocycles. The van der Waals surface area contributed by atoms with Gasteiger partial charge >= 0.3 is 41.6 Å². The number of carbonyl (C=O) groups is 7. The van der Waals surface area contributed by atoms with Crippen molar-refractivity contribution in [2.45, 2.75) is 84.2 Å². The summed E-state index contributed by atoms with van der Waals surface area (Å²) in [6, 6.07) is -1.41. The second kappa shape index (κ2) is 12.8. The molecule has 15 nitrogen and oxygen atoms in total. The summed E-state index contributed by atoms with van der Waals surface area (Å²) in [5.74, 6) is -9.92. The normalized spacial score (nSPS) is 24.8. The molecule has 0 aromatic heterocycles. The minimum absolute atomic E-state index is 0.675. The first-order chi connectivity index (χ1) is 16.6. The first-order valence-corrected chi connectivity index (χ1v) is 10.6. The summed E-state index contributed by atoms with van der Waals surface area (Å²) >= 11 is 0. The maximum absolute atomic E-state index is 12.2. The van der Waals surface area contributed by atoms with Gasteiger partial charge < -0.3 is 38.8 Å². The predicted molar refractivity (Wildman–Crippen MR) is 113 cm³/mol. The van der Waals surface area contributed by atoms with Crippen LogP contribution in [0.1, 0.15) is 48.0 Å². The van der Waals surface area contributed by atoms with Crippen LogP contribution in [0.15, 0.2) is 0 Å². The molecule has 0 saturated carbocycles. The third-order valence-corrected chi connectivity index (χ3v) is 4.63. The minimum atomic E-state index is -2.77. The molecule has 1 amide bonds. The van der Waals surface area contributed by atoms with Crippen LogP contribution in [0.25, 0.3) is 0 Å². The predicted octanol–water partition coefficient (Wildman–Crippen LogP) is -1.02. The lowest BCUT2D eigenvalue weighted by Crippen LogP contribution is -2.69. The van der Waals surface area contributed by atoms with Gasteiger partial charge in [-0.05, 0) is 0 Å². The van der Waals surface area contributed by atoms with Gasteiger partial charge in [0.05, 0.1) is 12.5 Å². The fraction of sp³-hybridized carbons (Fsp3) is 0.667. The van der Waals surface area contributed by atoms with Gasteiger partial charge in [-0.2, -0.15) is 0 Å². The SMILES string of the molecule is CC(=O)N[C@@H]1[C@@H](OC(C)=O)CC(OC(C)=O)(C(=O)O)O[C@H]1C(OC(C)=O)C(COC(C)=O)OC(C)=O. The topological polar surface area (TPSA) is 207 Å². The zero-order valence-electron chi connectivity index (χ0n) is 20.6. The van der Waals surface area contributed by atoms with Gasteiger partial charge in [0.25, 0.3) is 0 Å². The van der Waals surface area contributed by atoms with E-state index in [1.165, 1.54) is 0 Å². The van der Waals surface area contributed by atoms with Crippen LogP contribution in [0.4, 0.5) is 0 Å². The molecule has 0 aromatic carbocycles. The average Bonchev–Trinajstić information content (AvgIpc) is 2.69. The molecular formula is C21H29NO14.